The Morgan fingerprint density at radius 1 is 1.44 bits per heavy atom. The minimum atomic E-state index is 0.101. The average Bonchev–Trinajstić information content (AvgIpc) is 2.45. The molecule has 0 bridgehead atoms. The van der Waals surface area contributed by atoms with Crippen molar-refractivity contribution in [2.45, 2.75) is 32.2 Å². The summed E-state index contributed by atoms with van der Waals surface area (Å²) in [7, 11) is 0. The van der Waals surface area contributed by atoms with Crippen LogP contribution in [0.25, 0.3) is 0 Å². The van der Waals surface area contributed by atoms with Crippen LogP contribution >= 0.6 is 0 Å². The van der Waals surface area contributed by atoms with E-state index < -0.39 is 0 Å². The van der Waals surface area contributed by atoms with Gasteiger partial charge in [-0.05, 0) is 18.8 Å². The molecule has 1 saturated carbocycles. The fraction of sp³-hybridized carbons (Fsp3) is 0.750. The quantitative estimate of drug-likeness (QED) is 0.558. The van der Waals surface area contributed by atoms with E-state index >= 15 is 0 Å². The molecule has 0 spiro atoms. The van der Waals surface area contributed by atoms with Crippen molar-refractivity contribution in [1.82, 2.24) is 0 Å². The Hall–Kier alpha value is -0.300. The number of nitrogens with two attached hydrogens (primary N) is 1. The van der Waals surface area contributed by atoms with Crippen LogP contribution in [-0.4, -0.2) is 5.54 Å². The molecule has 9 heavy (non-hydrogen) atoms. The van der Waals surface area contributed by atoms with E-state index in [1.807, 2.05) is 0 Å². The first-order chi connectivity index (χ1) is 4.12. The largest absolute Gasteiger partial charge is 0.322 e. The molecule has 0 saturated heterocycles. The third kappa shape index (κ3) is 2.19. The smallest absolute Gasteiger partial charge is 0.0340 e. The molecule has 1 aliphatic carbocycles. The Labute approximate surface area is 56.9 Å². The Morgan fingerprint density at radius 3 is 2.33 bits per heavy atom. The van der Waals surface area contributed by atoms with E-state index in [1.54, 1.807) is 0 Å². The van der Waals surface area contributed by atoms with Crippen molar-refractivity contribution >= 4 is 0 Å². The van der Waals surface area contributed by atoms with Crippen molar-refractivity contribution in [3.63, 3.8) is 0 Å². The Kier molecular flexibility index (Phi) is 1.62. The first-order valence-electron chi connectivity index (χ1n) is 3.61. The second-order valence-electron chi connectivity index (χ2n) is 3.34. The molecule has 0 aromatic rings. The maximum atomic E-state index is 5.81. The van der Waals surface area contributed by atoms with Crippen molar-refractivity contribution in [3.8, 4) is 0 Å². The monoisotopic (exact) mass is 125 g/mol. The van der Waals surface area contributed by atoms with Gasteiger partial charge in [-0.25, -0.2) is 0 Å². The molecule has 0 radical (unpaired) electrons. The number of hydrogen-bond donors (Lipinski definition) is 1. The van der Waals surface area contributed by atoms with Gasteiger partial charge in [-0.2, -0.15) is 0 Å². The van der Waals surface area contributed by atoms with Gasteiger partial charge in [0.1, 0.15) is 0 Å². The Balaban J connectivity index is 2.31. The van der Waals surface area contributed by atoms with Gasteiger partial charge in [0.25, 0.3) is 0 Å². The second-order valence-corrected chi connectivity index (χ2v) is 3.34. The highest BCUT2D eigenvalue weighted by atomic mass is 14.8. The van der Waals surface area contributed by atoms with Crippen LogP contribution in [0.1, 0.15) is 26.7 Å². The molecule has 1 heteroatoms. The molecule has 0 aromatic heterocycles. The van der Waals surface area contributed by atoms with Crippen LogP contribution in [-0.2, 0) is 0 Å². The summed E-state index contributed by atoms with van der Waals surface area (Å²) in [6, 6.07) is 0. The summed E-state index contributed by atoms with van der Waals surface area (Å²) in [5.74, 6) is 0.644. The van der Waals surface area contributed by atoms with E-state index in [-0.39, 0.29) is 5.54 Å². The lowest BCUT2D eigenvalue weighted by atomic mass is 10.1. The third-order valence-corrected chi connectivity index (χ3v) is 1.64. The molecule has 0 atom stereocenters. The van der Waals surface area contributed by atoms with Crippen LogP contribution in [0.5, 0.6) is 0 Å². The normalized spacial score (nSPS) is 23.6. The zero-order valence-electron chi connectivity index (χ0n) is 6.22. The summed E-state index contributed by atoms with van der Waals surface area (Å²) in [5, 5.41) is 0. The lowest BCUT2D eigenvalue weighted by Gasteiger charge is -1.99. The number of rotatable bonds is 2. The molecular weight excluding hydrogens is 110 g/mol. The van der Waals surface area contributed by atoms with E-state index in [0.29, 0.717) is 5.92 Å². The highest BCUT2D eigenvalue weighted by Crippen LogP contribution is 2.33. The Bertz CT molecular complexity index is 121. The van der Waals surface area contributed by atoms with E-state index in [0.717, 1.165) is 0 Å². The van der Waals surface area contributed by atoms with Crippen LogP contribution in [0.2, 0.25) is 0 Å². The van der Waals surface area contributed by atoms with Gasteiger partial charge in [0.05, 0.1) is 0 Å². The molecule has 2 N–H and O–H groups in total. The predicted molar refractivity (Wildman–Crippen MR) is 40.1 cm³/mol. The van der Waals surface area contributed by atoms with Gasteiger partial charge in [0.15, 0.2) is 0 Å². The van der Waals surface area contributed by atoms with Gasteiger partial charge in [-0.1, -0.05) is 26.0 Å². The zero-order valence-corrected chi connectivity index (χ0v) is 6.22. The highest BCUT2D eigenvalue weighted by molar-refractivity contribution is 5.15. The zero-order chi connectivity index (χ0) is 6.91. The highest BCUT2D eigenvalue weighted by Gasteiger charge is 2.34. The van der Waals surface area contributed by atoms with Gasteiger partial charge < -0.3 is 5.73 Å². The van der Waals surface area contributed by atoms with Gasteiger partial charge in [0, 0.05) is 5.54 Å². The maximum Gasteiger partial charge on any atom is 0.0340 e. The van der Waals surface area contributed by atoms with E-state index in [1.165, 1.54) is 12.8 Å². The van der Waals surface area contributed by atoms with Gasteiger partial charge >= 0.3 is 0 Å². The van der Waals surface area contributed by atoms with Crippen LogP contribution < -0.4 is 5.73 Å². The van der Waals surface area contributed by atoms with Crippen LogP contribution in [0.3, 0.4) is 0 Å². The predicted octanol–water partition coefficient (Wildman–Crippen LogP) is 1.69. The Morgan fingerprint density at radius 2 is 2.00 bits per heavy atom. The number of hydrogen-bond acceptors (Lipinski definition) is 1. The average molecular weight is 125 g/mol. The van der Waals surface area contributed by atoms with Crippen molar-refractivity contribution in [2.24, 2.45) is 11.7 Å². The van der Waals surface area contributed by atoms with Crippen molar-refractivity contribution in [1.29, 1.82) is 0 Å². The lowest BCUT2D eigenvalue weighted by Crippen LogP contribution is -2.17. The molecule has 0 aromatic carbocycles. The topological polar surface area (TPSA) is 26.0 Å². The molecule has 0 aliphatic heterocycles. The number of allylic oxidation sites excluding steroid dienone is 1. The standard InChI is InChI=1S/C8H15N/c1-7(2)3-4-8(9)5-6-8/h3-4,7H,5-6,9H2,1-2H3. The summed E-state index contributed by atoms with van der Waals surface area (Å²) in [5.41, 5.74) is 5.91. The van der Waals surface area contributed by atoms with E-state index in [2.05, 4.69) is 26.0 Å². The summed E-state index contributed by atoms with van der Waals surface area (Å²) in [6.07, 6.45) is 6.69. The molecule has 0 unspecified atom stereocenters. The minimum absolute atomic E-state index is 0.101. The fourth-order valence-electron chi connectivity index (χ4n) is 0.695. The minimum Gasteiger partial charge on any atom is -0.322 e. The third-order valence-electron chi connectivity index (χ3n) is 1.64. The molecular formula is C8H15N. The SMILES string of the molecule is CC(C)C=CC1(N)CC1. The second kappa shape index (κ2) is 2.14. The summed E-state index contributed by atoms with van der Waals surface area (Å²) in [6.45, 7) is 4.34. The molecule has 52 valence electrons. The van der Waals surface area contributed by atoms with Crippen molar-refractivity contribution in [3.05, 3.63) is 12.2 Å². The molecule has 0 heterocycles. The van der Waals surface area contributed by atoms with E-state index in [9.17, 15) is 0 Å². The molecule has 1 nitrogen and oxygen atoms in total. The molecule has 1 rings (SSSR count). The van der Waals surface area contributed by atoms with Gasteiger partial charge in [-0.3, -0.25) is 0 Å². The van der Waals surface area contributed by atoms with E-state index in [4.69, 9.17) is 5.73 Å². The van der Waals surface area contributed by atoms with Gasteiger partial charge in [-0.15, -0.1) is 0 Å². The van der Waals surface area contributed by atoms with Crippen molar-refractivity contribution in [2.75, 3.05) is 0 Å². The first kappa shape index (κ1) is 6.81. The van der Waals surface area contributed by atoms with Crippen LogP contribution in [0.15, 0.2) is 12.2 Å². The van der Waals surface area contributed by atoms with Crippen molar-refractivity contribution < 1.29 is 0 Å². The summed E-state index contributed by atoms with van der Waals surface area (Å²) >= 11 is 0. The maximum absolute atomic E-state index is 5.81. The van der Waals surface area contributed by atoms with Crippen LogP contribution in [0.4, 0.5) is 0 Å². The summed E-state index contributed by atoms with van der Waals surface area (Å²) in [4.78, 5) is 0. The first-order valence-corrected chi connectivity index (χ1v) is 3.61. The fourth-order valence-corrected chi connectivity index (χ4v) is 0.695. The molecule has 1 fully saturated rings. The van der Waals surface area contributed by atoms with Crippen LogP contribution in [0, 0.1) is 5.92 Å². The van der Waals surface area contributed by atoms with Gasteiger partial charge in [0.2, 0.25) is 0 Å². The molecule has 1 aliphatic rings. The lowest BCUT2D eigenvalue weighted by molar-refractivity contribution is 0.791. The summed E-state index contributed by atoms with van der Waals surface area (Å²) < 4.78 is 0. The molecule has 0 amide bonds.